The number of nitrogens with one attached hydrogen (secondary N) is 2. The monoisotopic (exact) mass is 520 g/mol. The molecule has 1 amide bonds. The van der Waals surface area contributed by atoms with Crippen molar-refractivity contribution in [2.75, 3.05) is 19.5 Å². The van der Waals surface area contributed by atoms with Gasteiger partial charge in [-0.05, 0) is 44.0 Å². The van der Waals surface area contributed by atoms with Gasteiger partial charge in [-0.15, -0.1) is 0 Å². The summed E-state index contributed by atoms with van der Waals surface area (Å²) in [5, 5.41) is 5.65. The van der Waals surface area contributed by atoms with E-state index >= 15 is 0 Å². The van der Waals surface area contributed by atoms with Crippen LogP contribution in [0.5, 0.6) is 11.5 Å². The maximum absolute atomic E-state index is 13.7. The van der Waals surface area contributed by atoms with Crippen LogP contribution < -0.4 is 20.1 Å². The molecule has 6 nitrogen and oxygen atoms in total. The number of para-hydroxylation sites is 1. The molecule has 2 aromatic carbocycles. The molecule has 0 aromatic heterocycles. The molecule has 1 atom stereocenters. The number of dihydropyridines is 1. The van der Waals surface area contributed by atoms with E-state index in [1.807, 2.05) is 0 Å². The maximum atomic E-state index is 13.7. The summed E-state index contributed by atoms with van der Waals surface area (Å²) in [6, 6.07) is 7.85. The van der Waals surface area contributed by atoms with E-state index in [-0.39, 0.29) is 22.1 Å². The number of hydrogen-bond donors (Lipinski definition) is 2. The van der Waals surface area contributed by atoms with E-state index in [1.54, 1.807) is 25.1 Å². The zero-order valence-corrected chi connectivity index (χ0v) is 20.6. The molecule has 2 aromatic rings. The number of allylic oxidation sites excluding steroid dienone is 3. The lowest BCUT2D eigenvalue weighted by molar-refractivity contribution is -0.137. The fourth-order valence-corrected chi connectivity index (χ4v) is 4.89. The Morgan fingerprint density at radius 3 is 2.56 bits per heavy atom. The van der Waals surface area contributed by atoms with Crippen LogP contribution in [-0.4, -0.2) is 25.9 Å². The second-order valence-electron chi connectivity index (χ2n) is 8.49. The van der Waals surface area contributed by atoms with Crippen molar-refractivity contribution in [1.29, 1.82) is 0 Å². The fourth-order valence-electron chi connectivity index (χ4n) is 4.72. The average molecular weight is 521 g/mol. The van der Waals surface area contributed by atoms with Gasteiger partial charge in [0.15, 0.2) is 17.3 Å². The van der Waals surface area contributed by atoms with Gasteiger partial charge in [0, 0.05) is 34.5 Å². The summed E-state index contributed by atoms with van der Waals surface area (Å²) >= 11 is 6.13. The molecular formula is C26H24ClF3N2O4. The van der Waals surface area contributed by atoms with Gasteiger partial charge in [-0.25, -0.2) is 0 Å². The van der Waals surface area contributed by atoms with E-state index in [2.05, 4.69) is 10.6 Å². The molecule has 1 aliphatic carbocycles. The van der Waals surface area contributed by atoms with Gasteiger partial charge in [-0.2, -0.15) is 13.2 Å². The quantitative estimate of drug-likeness (QED) is 0.507. The Morgan fingerprint density at radius 2 is 1.89 bits per heavy atom. The fraction of sp³-hybridized carbons (Fsp3) is 0.308. The van der Waals surface area contributed by atoms with Crippen molar-refractivity contribution in [1.82, 2.24) is 5.32 Å². The highest BCUT2D eigenvalue weighted by Crippen LogP contribution is 2.47. The van der Waals surface area contributed by atoms with Crippen molar-refractivity contribution in [2.24, 2.45) is 0 Å². The lowest BCUT2D eigenvalue weighted by atomic mass is 9.74. The third-order valence-corrected chi connectivity index (χ3v) is 6.64. The van der Waals surface area contributed by atoms with Gasteiger partial charge in [0.1, 0.15) is 0 Å². The first-order valence-corrected chi connectivity index (χ1v) is 11.6. The van der Waals surface area contributed by atoms with Crippen LogP contribution in [0, 0.1) is 0 Å². The van der Waals surface area contributed by atoms with Crippen LogP contribution in [0.3, 0.4) is 0 Å². The smallest absolute Gasteiger partial charge is 0.416 e. The van der Waals surface area contributed by atoms with Crippen LogP contribution in [0.4, 0.5) is 18.9 Å². The molecule has 1 aliphatic heterocycles. The van der Waals surface area contributed by atoms with Crippen molar-refractivity contribution < 1.29 is 32.2 Å². The molecule has 0 saturated carbocycles. The van der Waals surface area contributed by atoms with Crippen LogP contribution in [0.25, 0.3) is 0 Å². The number of hydrogen-bond acceptors (Lipinski definition) is 5. The number of Topliss-reactive ketones (excluding diaryl/α,β-unsaturated/α-hetero) is 1. The van der Waals surface area contributed by atoms with Crippen LogP contribution in [0.2, 0.25) is 5.02 Å². The summed E-state index contributed by atoms with van der Waals surface area (Å²) in [4.78, 5) is 26.8. The number of halogens is 4. The van der Waals surface area contributed by atoms with Crippen molar-refractivity contribution >= 4 is 29.0 Å². The second kappa shape index (κ2) is 9.89. The lowest BCUT2D eigenvalue weighted by Gasteiger charge is -2.35. The zero-order chi connectivity index (χ0) is 26.2. The summed E-state index contributed by atoms with van der Waals surface area (Å²) in [7, 11) is 2.93. The predicted octanol–water partition coefficient (Wildman–Crippen LogP) is 5.98. The third kappa shape index (κ3) is 4.67. The minimum absolute atomic E-state index is 0.0532. The SMILES string of the molecule is COc1cccc(C2C(C(=O)Nc3cc(C(F)(F)F)ccc3Cl)=C(C)NC3=C2C(=O)CCC3)c1OC. The normalized spacial score (nSPS) is 18.0. The highest BCUT2D eigenvalue weighted by Gasteiger charge is 2.40. The molecular weight excluding hydrogens is 497 g/mol. The Kier molecular flexibility index (Phi) is 7.04. The topological polar surface area (TPSA) is 76.7 Å². The minimum atomic E-state index is -4.61. The van der Waals surface area contributed by atoms with Crippen molar-refractivity contribution in [2.45, 2.75) is 38.3 Å². The van der Waals surface area contributed by atoms with E-state index in [1.165, 1.54) is 14.2 Å². The molecule has 4 rings (SSSR count). The Balaban J connectivity index is 1.85. The number of benzene rings is 2. The van der Waals surface area contributed by atoms with E-state index in [9.17, 15) is 22.8 Å². The van der Waals surface area contributed by atoms with E-state index in [4.69, 9.17) is 21.1 Å². The van der Waals surface area contributed by atoms with Crippen molar-refractivity contribution in [3.63, 3.8) is 0 Å². The molecule has 190 valence electrons. The first-order chi connectivity index (χ1) is 17.1. The van der Waals surface area contributed by atoms with E-state index in [0.29, 0.717) is 53.3 Å². The van der Waals surface area contributed by atoms with E-state index in [0.717, 1.165) is 18.2 Å². The molecule has 2 aliphatic rings. The molecule has 2 N–H and O–H groups in total. The van der Waals surface area contributed by atoms with Gasteiger partial charge < -0.3 is 20.1 Å². The molecule has 0 radical (unpaired) electrons. The number of methoxy groups -OCH3 is 2. The first kappa shape index (κ1) is 25.6. The summed E-state index contributed by atoms with van der Waals surface area (Å²) in [5.41, 5.74) is 1.17. The van der Waals surface area contributed by atoms with Gasteiger partial charge in [-0.1, -0.05) is 23.7 Å². The predicted molar refractivity (Wildman–Crippen MR) is 129 cm³/mol. The molecule has 0 fully saturated rings. The van der Waals surface area contributed by atoms with Crippen LogP contribution in [0.1, 0.15) is 43.2 Å². The van der Waals surface area contributed by atoms with Gasteiger partial charge in [0.05, 0.1) is 36.4 Å². The molecule has 36 heavy (non-hydrogen) atoms. The zero-order valence-electron chi connectivity index (χ0n) is 19.8. The third-order valence-electron chi connectivity index (χ3n) is 6.31. The molecule has 1 heterocycles. The number of carbonyl (C=O) groups is 2. The van der Waals surface area contributed by atoms with Gasteiger partial charge >= 0.3 is 6.18 Å². The van der Waals surface area contributed by atoms with Gasteiger partial charge in [0.25, 0.3) is 5.91 Å². The Morgan fingerprint density at radius 1 is 1.14 bits per heavy atom. The summed E-state index contributed by atoms with van der Waals surface area (Å²) in [5.74, 6) is -0.872. The molecule has 10 heteroatoms. The van der Waals surface area contributed by atoms with Crippen molar-refractivity contribution in [3.05, 3.63) is 75.1 Å². The lowest BCUT2D eigenvalue weighted by Crippen LogP contribution is -2.35. The number of ketones is 1. The number of anilines is 1. The maximum Gasteiger partial charge on any atom is 0.416 e. The van der Waals surface area contributed by atoms with E-state index < -0.39 is 23.6 Å². The van der Waals surface area contributed by atoms with Gasteiger partial charge in [0.2, 0.25) is 0 Å². The van der Waals surface area contributed by atoms with Crippen LogP contribution in [0.15, 0.2) is 58.9 Å². The highest BCUT2D eigenvalue weighted by atomic mass is 35.5. The second-order valence-corrected chi connectivity index (χ2v) is 8.90. The Bertz CT molecular complexity index is 1300. The Labute approximate surface area is 211 Å². The number of ether oxygens (including phenoxy) is 2. The summed E-state index contributed by atoms with van der Waals surface area (Å²) in [6.07, 6.45) is -3.01. The number of carbonyl (C=O) groups excluding carboxylic acids is 2. The first-order valence-electron chi connectivity index (χ1n) is 11.2. The summed E-state index contributed by atoms with van der Waals surface area (Å²) in [6.45, 7) is 1.69. The summed E-state index contributed by atoms with van der Waals surface area (Å²) < 4.78 is 50.9. The molecule has 0 saturated heterocycles. The highest BCUT2D eigenvalue weighted by molar-refractivity contribution is 6.34. The molecule has 0 bridgehead atoms. The molecule has 0 spiro atoms. The Hall–Kier alpha value is -3.46. The van der Waals surface area contributed by atoms with Gasteiger partial charge in [-0.3, -0.25) is 9.59 Å². The van der Waals surface area contributed by atoms with Crippen LogP contribution in [-0.2, 0) is 15.8 Å². The average Bonchev–Trinajstić information content (AvgIpc) is 2.83. The largest absolute Gasteiger partial charge is 0.493 e. The minimum Gasteiger partial charge on any atom is -0.493 e. The number of rotatable bonds is 5. The number of amides is 1. The number of alkyl halides is 3. The van der Waals surface area contributed by atoms with Crippen molar-refractivity contribution in [3.8, 4) is 11.5 Å². The molecule has 1 unspecified atom stereocenters. The standard InChI is InChI=1S/C26H24ClF3N2O4/c1-13-21(25(34)32-18-12-14(26(28,29)30)10-11-16(18)27)22(23-17(31-13)7-5-8-19(23)33)15-6-4-9-20(35-2)24(15)36-3/h4,6,9-12,22,31H,5,7-8H2,1-3H3,(H,32,34). The van der Waals surface area contributed by atoms with Crippen LogP contribution >= 0.6 is 11.6 Å².